The summed E-state index contributed by atoms with van der Waals surface area (Å²) < 4.78 is 5.89. The van der Waals surface area contributed by atoms with Crippen LogP contribution in [0.3, 0.4) is 0 Å². The highest BCUT2D eigenvalue weighted by Crippen LogP contribution is 2.42. The first kappa shape index (κ1) is 20.4. The molecule has 0 unspecified atom stereocenters. The van der Waals surface area contributed by atoms with E-state index in [-0.39, 0.29) is 24.0 Å². The lowest BCUT2D eigenvalue weighted by Gasteiger charge is -2.45. The summed E-state index contributed by atoms with van der Waals surface area (Å²) in [6.07, 6.45) is 8.04. The van der Waals surface area contributed by atoms with Gasteiger partial charge < -0.3 is 15.0 Å². The van der Waals surface area contributed by atoms with E-state index in [0.29, 0.717) is 4.75 Å². The van der Waals surface area contributed by atoms with Gasteiger partial charge in [-0.3, -0.25) is 4.99 Å². The molecule has 0 radical (unpaired) electrons. The molecular formula is C16H32IN3OS. The van der Waals surface area contributed by atoms with Crippen LogP contribution in [-0.2, 0) is 4.74 Å². The van der Waals surface area contributed by atoms with E-state index < -0.39 is 0 Å². The van der Waals surface area contributed by atoms with Gasteiger partial charge in [-0.1, -0.05) is 19.3 Å². The van der Waals surface area contributed by atoms with Crippen molar-refractivity contribution >= 4 is 41.7 Å². The fourth-order valence-electron chi connectivity index (χ4n) is 3.38. The number of halogens is 1. The average Bonchev–Trinajstić information content (AvgIpc) is 2.52. The van der Waals surface area contributed by atoms with Crippen LogP contribution in [0.5, 0.6) is 0 Å². The molecule has 2 fully saturated rings. The molecule has 0 bridgehead atoms. The fraction of sp³-hybridized carbons (Fsp3) is 0.938. The van der Waals surface area contributed by atoms with E-state index in [2.05, 4.69) is 27.0 Å². The van der Waals surface area contributed by atoms with Crippen LogP contribution in [0, 0.1) is 0 Å². The predicted octanol–water partition coefficient (Wildman–Crippen LogP) is 3.36. The van der Waals surface area contributed by atoms with Gasteiger partial charge in [-0.2, -0.15) is 11.8 Å². The molecule has 1 saturated heterocycles. The highest BCUT2D eigenvalue weighted by Gasteiger charge is 2.38. The standard InChI is InChI=1S/C16H31N3OS.HI/c1-3-20-12-7-10-18-15(17-2)19-11-13-21-16(14-19)8-5-4-6-9-16;/h3-14H2,1-2H3,(H,17,18);1H. The molecular weight excluding hydrogens is 409 g/mol. The van der Waals surface area contributed by atoms with Crippen molar-refractivity contribution in [3.05, 3.63) is 0 Å². The Morgan fingerprint density at radius 3 is 2.77 bits per heavy atom. The Kier molecular flexibility index (Phi) is 10.1. The number of thioether (sulfide) groups is 1. The average molecular weight is 441 g/mol. The highest BCUT2D eigenvalue weighted by molar-refractivity contribution is 14.0. The Morgan fingerprint density at radius 1 is 1.32 bits per heavy atom. The molecule has 2 aliphatic rings. The lowest BCUT2D eigenvalue weighted by atomic mass is 9.87. The first-order chi connectivity index (χ1) is 10.3. The molecule has 6 heteroatoms. The van der Waals surface area contributed by atoms with Crippen LogP contribution in [-0.4, -0.2) is 61.3 Å². The van der Waals surface area contributed by atoms with Gasteiger partial charge in [-0.15, -0.1) is 24.0 Å². The molecule has 1 aliphatic heterocycles. The lowest BCUT2D eigenvalue weighted by molar-refractivity contribution is 0.145. The molecule has 0 aromatic rings. The lowest BCUT2D eigenvalue weighted by Crippen LogP contribution is -2.53. The molecule has 0 atom stereocenters. The zero-order chi connectivity index (χ0) is 15.0. The van der Waals surface area contributed by atoms with Crippen LogP contribution in [0.25, 0.3) is 0 Å². The molecule has 22 heavy (non-hydrogen) atoms. The molecule has 0 amide bonds. The molecule has 1 N–H and O–H groups in total. The Bertz CT molecular complexity index is 330. The number of guanidine groups is 1. The number of aliphatic imine (C=N–C) groups is 1. The van der Waals surface area contributed by atoms with Gasteiger partial charge in [-0.25, -0.2) is 0 Å². The summed E-state index contributed by atoms with van der Waals surface area (Å²) >= 11 is 2.21. The van der Waals surface area contributed by atoms with Crippen LogP contribution in [0.15, 0.2) is 4.99 Å². The van der Waals surface area contributed by atoms with E-state index in [4.69, 9.17) is 4.74 Å². The van der Waals surface area contributed by atoms with Gasteiger partial charge in [0.2, 0.25) is 0 Å². The Morgan fingerprint density at radius 2 is 2.09 bits per heavy atom. The van der Waals surface area contributed by atoms with Crippen LogP contribution in [0.4, 0.5) is 0 Å². The largest absolute Gasteiger partial charge is 0.382 e. The van der Waals surface area contributed by atoms with Crippen molar-refractivity contribution in [3.8, 4) is 0 Å². The predicted molar refractivity (Wildman–Crippen MR) is 108 cm³/mol. The second kappa shape index (κ2) is 11.0. The van der Waals surface area contributed by atoms with Gasteiger partial charge in [0.05, 0.1) is 0 Å². The third-order valence-corrected chi connectivity index (χ3v) is 6.01. The van der Waals surface area contributed by atoms with E-state index in [1.165, 1.54) is 44.4 Å². The van der Waals surface area contributed by atoms with Crippen LogP contribution >= 0.6 is 35.7 Å². The molecule has 0 aromatic heterocycles. The highest BCUT2D eigenvalue weighted by atomic mass is 127. The normalized spacial score (nSPS) is 21.5. The summed E-state index contributed by atoms with van der Waals surface area (Å²) in [5, 5.41) is 3.51. The van der Waals surface area contributed by atoms with Crippen molar-refractivity contribution in [2.75, 3.05) is 45.6 Å². The molecule has 0 aromatic carbocycles. The van der Waals surface area contributed by atoms with Crippen molar-refractivity contribution in [1.82, 2.24) is 10.2 Å². The zero-order valence-electron chi connectivity index (χ0n) is 14.1. The maximum Gasteiger partial charge on any atom is 0.193 e. The van der Waals surface area contributed by atoms with Gasteiger partial charge in [0.25, 0.3) is 0 Å². The van der Waals surface area contributed by atoms with Crippen molar-refractivity contribution in [3.63, 3.8) is 0 Å². The first-order valence-corrected chi connectivity index (χ1v) is 9.45. The first-order valence-electron chi connectivity index (χ1n) is 8.47. The SMILES string of the molecule is CCOCCCNC(=NC)N1CCSC2(CCCCC2)C1.I. The minimum absolute atomic E-state index is 0. The zero-order valence-corrected chi connectivity index (χ0v) is 17.3. The smallest absolute Gasteiger partial charge is 0.193 e. The molecule has 130 valence electrons. The number of hydrogen-bond donors (Lipinski definition) is 1. The quantitative estimate of drug-likeness (QED) is 0.307. The molecule has 1 saturated carbocycles. The number of hydrogen-bond acceptors (Lipinski definition) is 3. The number of ether oxygens (including phenoxy) is 1. The van der Waals surface area contributed by atoms with Gasteiger partial charge in [0, 0.05) is 50.4 Å². The van der Waals surface area contributed by atoms with Gasteiger partial charge in [0.15, 0.2) is 5.96 Å². The Labute approximate surface area is 157 Å². The maximum absolute atomic E-state index is 5.39. The van der Waals surface area contributed by atoms with Gasteiger partial charge in [0.1, 0.15) is 0 Å². The van der Waals surface area contributed by atoms with Crippen molar-refractivity contribution in [2.45, 2.75) is 50.2 Å². The number of nitrogens with zero attached hydrogens (tertiary/aromatic N) is 2. The second-order valence-corrected chi connectivity index (χ2v) is 7.60. The van der Waals surface area contributed by atoms with Crippen molar-refractivity contribution < 1.29 is 4.74 Å². The van der Waals surface area contributed by atoms with Crippen LogP contribution < -0.4 is 5.32 Å². The minimum Gasteiger partial charge on any atom is -0.382 e. The monoisotopic (exact) mass is 441 g/mol. The number of nitrogens with one attached hydrogen (secondary N) is 1. The molecule has 1 aliphatic carbocycles. The van der Waals surface area contributed by atoms with E-state index in [9.17, 15) is 0 Å². The fourth-order valence-corrected chi connectivity index (χ4v) is 4.94. The molecule has 1 spiro atoms. The second-order valence-electron chi connectivity index (χ2n) is 6.04. The maximum atomic E-state index is 5.39. The van der Waals surface area contributed by atoms with Gasteiger partial charge >= 0.3 is 0 Å². The third-order valence-electron chi connectivity index (χ3n) is 4.48. The van der Waals surface area contributed by atoms with Gasteiger partial charge in [-0.05, 0) is 26.2 Å². The summed E-state index contributed by atoms with van der Waals surface area (Å²) in [7, 11) is 1.90. The molecule has 4 nitrogen and oxygen atoms in total. The van der Waals surface area contributed by atoms with Crippen LogP contribution in [0.2, 0.25) is 0 Å². The summed E-state index contributed by atoms with van der Waals surface area (Å²) in [4.78, 5) is 6.96. The third kappa shape index (κ3) is 6.07. The Hall–Kier alpha value is 0.310. The van der Waals surface area contributed by atoms with E-state index in [0.717, 1.165) is 38.7 Å². The summed E-state index contributed by atoms with van der Waals surface area (Å²) in [5.41, 5.74) is 0. The summed E-state index contributed by atoms with van der Waals surface area (Å²) in [6, 6.07) is 0. The van der Waals surface area contributed by atoms with Crippen molar-refractivity contribution in [1.29, 1.82) is 0 Å². The summed E-state index contributed by atoms with van der Waals surface area (Å²) in [6.45, 7) is 6.92. The van der Waals surface area contributed by atoms with Crippen molar-refractivity contribution in [2.24, 2.45) is 4.99 Å². The van der Waals surface area contributed by atoms with Crippen LogP contribution in [0.1, 0.15) is 45.4 Å². The topological polar surface area (TPSA) is 36.9 Å². The molecule has 1 heterocycles. The summed E-state index contributed by atoms with van der Waals surface area (Å²) in [5.74, 6) is 2.32. The van der Waals surface area contributed by atoms with E-state index in [1.54, 1.807) is 0 Å². The number of rotatable bonds is 5. The van der Waals surface area contributed by atoms with E-state index in [1.807, 2.05) is 14.0 Å². The molecule has 2 rings (SSSR count). The Balaban J connectivity index is 0.00000242. The van der Waals surface area contributed by atoms with E-state index >= 15 is 0 Å². The minimum atomic E-state index is 0.